The van der Waals surface area contributed by atoms with Crippen molar-refractivity contribution >= 4 is 23.5 Å². The number of hydrogen-bond acceptors (Lipinski definition) is 3. The fraction of sp³-hybridized carbons (Fsp3) is 0.438. The Balaban J connectivity index is 2.32. The predicted octanol–water partition coefficient (Wildman–Crippen LogP) is 1.75. The number of carbonyl (C=O) groups is 3. The van der Waals surface area contributed by atoms with Gasteiger partial charge in [-0.05, 0) is 18.6 Å². The third-order valence-corrected chi connectivity index (χ3v) is 3.39. The molecule has 1 rings (SSSR count). The van der Waals surface area contributed by atoms with Crippen molar-refractivity contribution < 1.29 is 19.5 Å². The Morgan fingerprint density at radius 1 is 0.955 bits per heavy atom. The number of amides is 2. The molecule has 0 radical (unpaired) electrons. The summed E-state index contributed by atoms with van der Waals surface area (Å²) in [4.78, 5) is 37.2. The second kappa shape index (κ2) is 8.81. The van der Waals surface area contributed by atoms with Crippen LogP contribution in [0.2, 0.25) is 0 Å². The normalized spacial score (nSPS) is 10.1. The van der Waals surface area contributed by atoms with E-state index in [0.717, 1.165) is 5.69 Å². The van der Waals surface area contributed by atoms with E-state index >= 15 is 0 Å². The molecule has 6 heteroatoms. The third-order valence-electron chi connectivity index (χ3n) is 3.39. The van der Waals surface area contributed by atoms with Crippen molar-refractivity contribution in [2.75, 3.05) is 25.5 Å². The smallest absolute Gasteiger partial charge is 0.305 e. The van der Waals surface area contributed by atoms with Crippen LogP contribution in [0.3, 0.4) is 0 Å². The van der Waals surface area contributed by atoms with E-state index in [1.54, 1.807) is 19.0 Å². The van der Waals surface area contributed by atoms with Gasteiger partial charge in [0.25, 0.3) is 0 Å². The largest absolute Gasteiger partial charge is 0.481 e. The highest BCUT2D eigenvalue weighted by Crippen LogP contribution is 2.13. The Morgan fingerprint density at radius 3 is 2.14 bits per heavy atom. The first-order valence-corrected chi connectivity index (χ1v) is 7.19. The standard InChI is InChI=1S/C16H22N2O4/c1-17(12-11-16(21)22)14(19)9-6-10-15(20)18(2)13-7-4-3-5-8-13/h3-5,7-8H,6,9-12H2,1-2H3,(H,21,22). The average Bonchev–Trinajstić information content (AvgIpc) is 2.52. The van der Waals surface area contributed by atoms with E-state index in [0.29, 0.717) is 6.42 Å². The molecule has 0 fully saturated rings. The van der Waals surface area contributed by atoms with Crippen LogP contribution in [0, 0.1) is 0 Å². The second-order valence-corrected chi connectivity index (χ2v) is 5.10. The third kappa shape index (κ3) is 5.95. The first-order chi connectivity index (χ1) is 10.4. The van der Waals surface area contributed by atoms with Crippen LogP contribution in [0.15, 0.2) is 30.3 Å². The number of aliphatic carboxylic acids is 1. The molecule has 0 aliphatic carbocycles. The van der Waals surface area contributed by atoms with Crippen LogP contribution >= 0.6 is 0 Å². The SMILES string of the molecule is CN(CCC(=O)O)C(=O)CCCC(=O)N(C)c1ccccc1. The number of carbonyl (C=O) groups excluding carboxylic acids is 2. The second-order valence-electron chi connectivity index (χ2n) is 5.10. The van der Waals surface area contributed by atoms with Gasteiger partial charge in [-0.25, -0.2) is 0 Å². The maximum absolute atomic E-state index is 12.0. The maximum atomic E-state index is 12.0. The molecule has 0 spiro atoms. The number of nitrogens with zero attached hydrogens (tertiary/aromatic N) is 2. The van der Waals surface area contributed by atoms with Crippen LogP contribution in [0.1, 0.15) is 25.7 Å². The van der Waals surface area contributed by atoms with Gasteiger partial charge >= 0.3 is 5.97 Å². The van der Waals surface area contributed by atoms with E-state index < -0.39 is 5.97 Å². The topological polar surface area (TPSA) is 77.9 Å². The predicted molar refractivity (Wildman–Crippen MR) is 83.6 cm³/mol. The average molecular weight is 306 g/mol. The van der Waals surface area contributed by atoms with Crippen LogP contribution in [0.25, 0.3) is 0 Å². The van der Waals surface area contributed by atoms with Crippen LogP contribution < -0.4 is 4.90 Å². The number of para-hydroxylation sites is 1. The number of rotatable bonds is 8. The molecule has 0 saturated carbocycles. The number of hydrogen-bond donors (Lipinski definition) is 1. The molecule has 0 unspecified atom stereocenters. The fourth-order valence-electron chi connectivity index (χ4n) is 1.93. The lowest BCUT2D eigenvalue weighted by molar-refractivity contribution is -0.138. The first-order valence-electron chi connectivity index (χ1n) is 7.19. The highest BCUT2D eigenvalue weighted by molar-refractivity contribution is 5.93. The number of carboxylic acid groups (broad SMARTS) is 1. The maximum Gasteiger partial charge on any atom is 0.305 e. The minimum Gasteiger partial charge on any atom is -0.481 e. The van der Waals surface area contributed by atoms with Crippen molar-refractivity contribution in [3.63, 3.8) is 0 Å². The van der Waals surface area contributed by atoms with E-state index in [2.05, 4.69) is 0 Å². The molecule has 1 N–H and O–H groups in total. The molecule has 0 atom stereocenters. The minimum absolute atomic E-state index is 0.0489. The van der Waals surface area contributed by atoms with Gasteiger partial charge in [0.2, 0.25) is 11.8 Å². The summed E-state index contributed by atoms with van der Waals surface area (Å²) < 4.78 is 0. The summed E-state index contributed by atoms with van der Waals surface area (Å²) in [6.45, 7) is 0.187. The molecule has 0 bridgehead atoms. The van der Waals surface area contributed by atoms with Crippen molar-refractivity contribution in [3.8, 4) is 0 Å². The lowest BCUT2D eigenvalue weighted by Gasteiger charge is -2.18. The molecule has 0 aromatic heterocycles. The first kappa shape index (κ1) is 17.7. The lowest BCUT2D eigenvalue weighted by Crippen LogP contribution is -2.30. The fourth-order valence-corrected chi connectivity index (χ4v) is 1.93. The van der Waals surface area contributed by atoms with Crippen LogP contribution in [-0.4, -0.2) is 48.4 Å². The van der Waals surface area contributed by atoms with Gasteiger partial charge in [0, 0.05) is 39.2 Å². The van der Waals surface area contributed by atoms with E-state index in [-0.39, 0.29) is 37.6 Å². The molecule has 6 nitrogen and oxygen atoms in total. The van der Waals surface area contributed by atoms with Gasteiger partial charge in [-0.2, -0.15) is 0 Å². The van der Waals surface area contributed by atoms with Crippen molar-refractivity contribution in [1.29, 1.82) is 0 Å². The monoisotopic (exact) mass is 306 g/mol. The zero-order chi connectivity index (χ0) is 16.5. The summed E-state index contributed by atoms with van der Waals surface area (Å²) in [7, 11) is 3.28. The van der Waals surface area contributed by atoms with Gasteiger partial charge in [-0.1, -0.05) is 18.2 Å². The van der Waals surface area contributed by atoms with Gasteiger partial charge in [0.1, 0.15) is 0 Å². The molecule has 22 heavy (non-hydrogen) atoms. The molecule has 0 aliphatic heterocycles. The van der Waals surface area contributed by atoms with Gasteiger partial charge in [-0.3, -0.25) is 14.4 Å². The highest BCUT2D eigenvalue weighted by atomic mass is 16.4. The Hall–Kier alpha value is -2.37. The summed E-state index contributed by atoms with van der Waals surface area (Å²) >= 11 is 0. The molecule has 0 aliphatic rings. The molecular formula is C16H22N2O4. The molecule has 120 valence electrons. The van der Waals surface area contributed by atoms with E-state index in [1.165, 1.54) is 4.90 Å². The van der Waals surface area contributed by atoms with E-state index in [4.69, 9.17) is 5.11 Å². The highest BCUT2D eigenvalue weighted by Gasteiger charge is 2.13. The Labute approximate surface area is 130 Å². The lowest BCUT2D eigenvalue weighted by atomic mass is 10.2. The van der Waals surface area contributed by atoms with Gasteiger partial charge < -0.3 is 14.9 Å². The molecule has 1 aromatic rings. The Kier molecular flexibility index (Phi) is 7.08. The number of anilines is 1. The molecule has 0 saturated heterocycles. The van der Waals surface area contributed by atoms with Crippen molar-refractivity contribution in [1.82, 2.24) is 4.90 Å². The van der Waals surface area contributed by atoms with Gasteiger partial charge in [-0.15, -0.1) is 0 Å². The van der Waals surface area contributed by atoms with Crippen molar-refractivity contribution in [3.05, 3.63) is 30.3 Å². The van der Waals surface area contributed by atoms with E-state index in [9.17, 15) is 14.4 Å². The Bertz CT molecular complexity index is 516. The zero-order valence-corrected chi connectivity index (χ0v) is 13.0. The van der Waals surface area contributed by atoms with Crippen LogP contribution in [0.4, 0.5) is 5.69 Å². The quantitative estimate of drug-likeness (QED) is 0.793. The summed E-state index contributed by atoms with van der Waals surface area (Å²) in [6, 6.07) is 9.30. The van der Waals surface area contributed by atoms with Crippen LogP contribution in [0.5, 0.6) is 0 Å². The summed E-state index contributed by atoms with van der Waals surface area (Å²) in [5.41, 5.74) is 0.817. The number of benzene rings is 1. The molecular weight excluding hydrogens is 284 g/mol. The van der Waals surface area contributed by atoms with Crippen molar-refractivity contribution in [2.45, 2.75) is 25.7 Å². The molecule has 1 aromatic carbocycles. The van der Waals surface area contributed by atoms with Gasteiger partial charge in [0.15, 0.2) is 0 Å². The Morgan fingerprint density at radius 2 is 1.55 bits per heavy atom. The van der Waals surface area contributed by atoms with E-state index in [1.807, 2.05) is 30.3 Å². The summed E-state index contributed by atoms with van der Waals surface area (Å²) in [6.07, 6.45) is 0.901. The minimum atomic E-state index is -0.931. The van der Waals surface area contributed by atoms with Gasteiger partial charge in [0.05, 0.1) is 6.42 Å². The zero-order valence-electron chi connectivity index (χ0n) is 13.0. The molecule has 2 amide bonds. The van der Waals surface area contributed by atoms with Crippen molar-refractivity contribution in [2.24, 2.45) is 0 Å². The number of carboxylic acids is 1. The van der Waals surface area contributed by atoms with Crippen LogP contribution in [-0.2, 0) is 14.4 Å². The summed E-state index contributed by atoms with van der Waals surface area (Å²) in [5, 5.41) is 8.57. The summed E-state index contributed by atoms with van der Waals surface area (Å²) in [5.74, 6) is -1.12. The molecule has 0 heterocycles.